The first-order valence-electron chi connectivity index (χ1n) is 4.61. The van der Waals surface area contributed by atoms with Crippen LogP contribution in [0, 0.1) is 0 Å². The predicted octanol–water partition coefficient (Wildman–Crippen LogP) is 2.27. The van der Waals surface area contributed by atoms with E-state index in [0.29, 0.717) is 4.75 Å². The van der Waals surface area contributed by atoms with E-state index in [1.807, 2.05) is 0 Å². The molecule has 1 aliphatic heterocycles. The van der Waals surface area contributed by atoms with Crippen molar-refractivity contribution in [2.45, 2.75) is 37.9 Å². The normalized spacial score (nSPS) is 31.1. The van der Waals surface area contributed by atoms with Crippen LogP contribution in [0.15, 0.2) is 0 Å². The van der Waals surface area contributed by atoms with Gasteiger partial charge in [-0.25, -0.2) is 0 Å². The number of unbranched alkanes of at least 4 members (excludes halogenated alkanes) is 1. The molecule has 11 heavy (non-hydrogen) atoms. The third-order valence-electron chi connectivity index (χ3n) is 2.28. The van der Waals surface area contributed by atoms with Crippen LogP contribution in [-0.4, -0.2) is 23.6 Å². The van der Waals surface area contributed by atoms with Crippen LogP contribution in [0.3, 0.4) is 0 Å². The molecule has 1 aliphatic rings. The molecule has 66 valence electrons. The molecule has 1 atom stereocenters. The first-order chi connectivity index (χ1) is 5.27. The van der Waals surface area contributed by atoms with Crippen LogP contribution in [0.1, 0.15) is 33.1 Å². The lowest BCUT2D eigenvalue weighted by Crippen LogP contribution is -2.23. The van der Waals surface area contributed by atoms with E-state index in [2.05, 4.69) is 30.9 Å². The molecule has 1 fully saturated rings. The van der Waals surface area contributed by atoms with Gasteiger partial charge in [-0.05, 0) is 32.1 Å². The lowest BCUT2D eigenvalue weighted by atomic mass is 10.1. The van der Waals surface area contributed by atoms with E-state index in [0.717, 1.165) is 0 Å². The van der Waals surface area contributed by atoms with Crippen molar-refractivity contribution in [1.29, 1.82) is 0 Å². The molecular formula is C9H19NS. The van der Waals surface area contributed by atoms with E-state index in [-0.39, 0.29) is 0 Å². The Morgan fingerprint density at radius 3 is 2.91 bits per heavy atom. The van der Waals surface area contributed by atoms with E-state index in [4.69, 9.17) is 0 Å². The van der Waals surface area contributed by atoms with Gasteiger partial charge in [0.15, 0.2) is 0 Å². The maximum Gasteiger partial charge on any atom is 0.0268 e. The minimum Gasteiger partial charge on any atom is -0.315 e. The van der Waals surface area contributed by atoms with E-state index in [1.54, 1.807) is 0 Å². The highest BCUT2D eigenvalue weighted by molar-refractivity contribution is 8.00. The van der Waals surface area contributed by atoms with Gasteiger partial charge in [-0.3, -0.25) is 0 Å². The molecule has 0 bridgehead atoms. The van der Waals surface area contributed by atoms with Gasteiger partial charge in [0.1, 0.15) is 0 Å². The first-order valence-corrected chi connectivity index (χ1v) is 5.60. The van der Waals surface area contributed by atoms with E-state index >= 15 is 0 Å². The summed E-state index contributed by atoms with van der Waals surface area (Å²) in [5.74, 6) is 1.34. The standard InChI is InChI=1S/C9H19NS/c1-3-4-7-11-9(2)5-6-10-8-9/h10H,3-8H2,1-2H3. The van der Waals surface area contributed by atoms with Crippen molar-refractivity contribution in [1.82, 2.24) is 5.32 Å². The fourth-order valence-corrected chi connectivity index (χ4v) is 2.76. The summed E-state index contributed by atoms with van der Waals surface area (Å²) in [5, 5.41) is 3.42. The summed E-state index contributed by atoms with van der Waals surface area (Å²) >= 11 is 2.15. The second-order valence-electron chi connectivity index (χ2n) is 3.58. The van der Waals surface area contributed by atoms with E-state index in [9.17, 15) is 0 Å². The highest BCUT2D eigenvalue weighted by atomic mass is 32.2. The Bertz CT molecular complexity index is 108. The largest absolute Gasteiger partial charge is 0.315 e. The summed E-state index contributed by atoms with van der Waals surface area (Å²) in [6, 6.07) is 0. The predicted molar refractivity (Wildman–Crippen MR) is 53.3 cm³/mol. The molecule has 0 aromatic rings. The van der Waals surface area contributed by atoms with Crippen molar-refractivity contribution in [2.75, 3.05) is 18.8 Å². The van der Waals surface area contributed by atoms with Crippen molar-refractivity contribution < 1.29 is 0 Å². The Morgan fingerprint density at radius 1 is 1.55 bits per heavy atom. The maximum absolute atomic E-state index is 3.42. The summed E-state index contributed by atoms with van der Waals surface area (Å²) < 4.78 is 0.551. The Morgan fingerprint density at radius 2 is 2.36 bits per heavy atom. The van der Waals surface area contributed by atoms with Crippen molar-refractivity contribution in [3.8, 4) is 0 Å². The van der Waals surface area contributed by atoms with Gasteiger partial charge in [-0.15, -0.1) is 0 Å². The van der Waals surface area contributed by atoms with Gasteiger partial charge in [-0.1, -0.05) is 13.3 Å². The third kappa shape index (κ3) is 3.04. The number of thioether (sulfide) groups is 1. The quantitative estimate of drug-likeness (QED) is 0.655. The molecule has 1 saturated heterocycles. The summed E-state index contributed by atoms with van der Waals surface area (Å²) in [6.45, 7) is 7.07. The Hall–Kier alpha value is 0.310. The van der Waals surface area contributed by atoms with Crippen LogP contribution in [0.25, 0.3) is 0 Å². The topological polar surface area (TPSA) is 12.0 Å². The maximum atomic E-state index is 3.42. The Balaban J connectivity index is 2.13. The van der Waals surface area contributed by atoms with E-state index < -0.39 is 0 Å². The molecule has 0 amide bonds. The second-order valence-corrected chi connectivity index (χ2v) is 5.26. The molecule has 0 aromatic heterocycles. The van der Waals surface area contributed by atoms with Crippen LogP contribution in [0.4, 0.5) is 0 Å². The van der Waals surface area contributed by atoms with Crippen molar-refractivity contribution in [3.63, 3.8) is 0 Å². The van der Waals surface area contributed by atoms with Gasteiger partial charge in [0.2, 0.25) is 0 Å². The zero-order valence-corrected chi connectivity index (χ0v) is 8.47. The molecule has 1 rings (SSSR count). The van der Waals surface area contributed by atoms with Crippen molar-refractivity contribution >= 4 is 11.8 Å². The van der Waals surface area contributed by atoms with Gasteiger partial charge in [0.25, 0.3) is 0 Å². The van der Waals surface area contributed by atoms with E-state index in [1.165, 1.54) is 38.1 Å². The van der Waals surface area contributed by atoms with Crippen LogP contribution in [0.2, 0.25) is 0 Å². The summed E-state index contributed by atoms with van der Waals surface area (Å²) in [6.07, 6.45) is 4.05. The molecule has 1 N–H and O–H groups in total. The number of nitrogens with one attached hydrogen (secondary N) is 1. The molecule has 0 aliphatic carbocycles. The molecule has 0 radical (unpaired) electrons. The highest BCUT2D eigenvalue weighted by Gasteiger charge is 2.28. The average molecular weight is 173 g/mol. The number of hydrogen-bond acceptors (Lipinski definition) is 2. The smallest absolute Gasteiger partial charge is 0.0268 e. The van der Waals surface area contributed by atoms with Crippen LogP contribution in [0.5, 0.6) is 0 Å². The fourth-order valence-electron chi connectivity index (χ4n) is 1.38. The molecule has 0 aromatic carbocycles. The number of hydrogen-bond donors (Lipinski definition) is 1. The summed E-state index contributed by atoms with van der Waals surface area (Å²) in [7, 11) is 0. The van der Waals surface area contributed by atoms with Gasteiger partial charge in [0, 0.05) is 11.3 Å². The SMILES string of the molecule is CCCCSC1(C)CCNC1. The van der Waals surface area contributed by atoms with Crippen molar-refractivity contribution in [2.24, 2.45) is 0 Å². The molecule has 1 heterocycles. The van der Waals surface area contributed by atoms with Crippen LogP contribution in [-0.2, 0) is 0 Å². The average Bonchev–Trinajstić information content (AvgIpc) is 2.38. The Kier molecular flexibility index (Phi) is 3.73. The lowest BCUT2D eigenvalue weighted by molar-refractivity contribution is 0.709. The monoisotopic (exact) mass is 173 g/mol. The zero-order chi connectivity index (χ0) is 8.16. The van der Waals surface area contributed by atoms with Crippen LogP contribution >= 0.6 is 11.8 Å². The fraction of sp³-hybridized carbons (Fsp3) is 1.00. The zero-order valence-electron chi connectivity index (χ0n) is 7.65. The third-order valence-corrected chi connectivity index (χ3v) is 3.82. The molecule has 1 nitrogen and oxygen atoms in total. The van der Waals surface area contributed by atoms with Crippen LogP contribution < -0.4 is 5.32 Å². The summed E-state index contributed by atoms with van der Waals surface area (Å²) in [4.78, 5) is 0. The number of rotatable bonds is 4. The minimum atomic E-state index is 0.551. The van der Waals surface area contributed by atoms with Gasteiger partial charge in [-0.2, -0.15) is 11.8 Å². The molecular weight excluding hydrogens is 154 g/mol. The lowest BCUT2D eigenvalue weighted by Gasteiger charge is -2.21. The first kappa shape index (κ1) is 9.40. The summed E-state index contributed by atoms with van der Waals surface area (Å²) in [5.41, 5.74) is 0. The molecule has 2 heteroatoms. The van der Waals surface area contributed by atoms with Gasteiger partial charge >= 0.3 is 0 Å². The molecule has 1 unspecified atom stereocenters. The second kappa shape index (κ2) is 4.36. The molecule has 0 saturated carbocycles. The minimum absolute atomic E-state index is 0.551. The Labute approximate surface area is 74.3 Å². The highest BCUT2D eigenvalue weighted by Crippen LogP contribution is 2.31. The molecule has 0 spiro atoms. The van der Waals surface area contributed by atoms with Gasteiger partial charge < -0.3 is 5.32 Å². The van der Waals surface area contributed by atoms with Gasteiger partial charge in [0.05, 0.1) is 0 Å². The van der Waals surface area contributed by atoms with Crippen molar-refractivity contribution in [3.05, 3.63) is 0 Å².